The van der Waals surface area contributed by atoms with Crippen molar-refractivity contribution in [1.82, 2.24) is 0 Å². The molecular weight excluding hydrogens is 132 g/mol. The maximum atomic E-state index is 9.34. The Hall–Kier alpha value is 0.310. The molecule has 1 fully saturated rings. The molecule has 0 unspecified atom stereocenters. The lowest BCUT2D eigenvalue weighted by Gasteiger charge is -2.30. The molecule has 0 spiro atoms. The van der Waals surface area contributed by atoms with Crippen molar-refractivity contribution in [3.8, 4) is 0 Å². The van der Waals surface area contributed by atoms with Crippen LogP contribution in [0.25, 0.3) is 0 Å². The third-order valence-corrected chi connectivity index (χ3v) is 2.91. The lowest BCUT2D eigenvalue weighted by Crippen LogP contribution is -2.29. The van der Waals surface area contributed by atoms with Crippen molar-refractivity contribution in [3.05, 3.63) is 0 Å². The second-order valence-electron chi connectivity index (χ2n) is 3.42. The Morgan fingerprint density at radius 1 is 1.56 bits per heavy atom. The zero-order valence-corrected chi connectivity index (χ0v) is 6.87. The molecule has 1 heterocycles. The first-order valence-corrected chi connectivity index (χ1v) is 4.53. The van der Waals surface area contributed by atoms with Crippen molar-refractivity contribution >= 4 is 11.8 Å². The molecule has 0 aromatic rings. The Kier molecular flexibility index (Phi) is 2.07. The SMILES string of the molecule is CC(C)(O)CC1CSC1. The van der Waals surface area contributed by atoms with E-state index in [1.165, 1.54) is 11.5 Å². The second kappa shape index (κ2) is 2.51. The minimum atomic E-state index is -0.439. The summed E-state index contributed by atoms with van der Waals surface area (Å²) < 4.78 is 0. The maximum Gasteiger partial charge on any atom is 0.0595 e. The average molecular weight is 146 g/mol. The van der Waals surface area contributed by atoms with Crippen LogP contribution >= 0.6 is 11.8 Å². The van der Waals surface area contributed by atoms with Gasteiger partial charge in [0.05, 0.1) is 5.60 Å². The lowest BCUT2D eigenvalue weighted by molar-refractivity contribution is 0.0576. The van der Waals surface area contributed by atoms with Crippen molar-refractivity contribution in [1.29, 1.82) is 0 Å². The molecule has 1 saturated heterocycles. The van der Waals surface area contributed by atoms with Crippen LogP contribution in [0.1, 0.15) is 20.3 Å². The summed E-state index contributed by atoms with van der Waals surface area (Å²) in [4.78, 5) is 0. The van der Waals surface area contributed by atoms with Gasteiger partial charge in [0.1, 0.15) is 0 Å². The van der Waals surface area contributed by atoms with Crippen LogP contribution in [0.3, 0.4) is 0 Å². The van der Waals surface area contributed by atoms with E-state index in [0.717, 1.165) is 12.3 Å². The van der Waals surface area contributed by atoms with Gasteiger partial charge >= 0.3 is 0 Å². The van der Waals surface area contributed by atoms with Crippen molar-refractivity contribution in [2.24, 2.45) is 5.92 Å². The van der Waals surface area contributed by atoms with Gasteiger partial charge < -0.3 is 5.11 Å². The molecule has 1 rings (SSSR count). The highest BCUT2D eigenvalue weighted by atomic mass is 32.2. The molecule has 1 aliphatic rings. The highest BCUT2D eigenvalue weighted by molar-refractivity contribution is 8.00. The highest BCUT2D eigenvalue weighted by Gasteiger charge is 2.25. The maximum absolute atomic E-state index is 9.34. The van der Waals surface area contributed by atoms with Crippen LogP contribution in [0.5, 0.6) is 0 Å². The van der Waals surface area contributed by atoms with E-state index in [0.29, 0.717) is 0 Å². The predicted molar refractivity (Wildman–Crippen MR) is 41.7 cm³/mol. The molecule has 9 heavy (non-hydrogen) atoms. The first-order chi connectivity index (χ1) is 4.08. The predicted octanol–water partition coefficient (Wildman–Crippen LogP) is 1.51. The fourth-order valence-corrected chi connectivity index (χ4v) is 1.91. The van der Waals surface area contributed by atoms with Crippen LogP contribution in [-0.2, 0) is 0 Å². The fraction of sp³-hybridized carbons (Fsp3) is 1.00. The van der Waals surface area contributed by atoms with Crippen molar-refractivity contribution in [2.45, 2.75) is 25.9 Å². The van der Waals surface area contributed by atoms with Crippen LogP contribution in [0.4, 0.5) is 0 Å². The Bertz CT molecular complexity index is 91.6. The second-order valence-corrected chi connectivity index (χ2v) is 4.49. The van der Waals surface area contributed by atoms with Crippen LogP contribution in [0.2, 0.25) is 0 Å². The standard InChI is InChI=1S/C7H14OS/c1-7(2,8)3-6-4-9-5-6/h6,8H,3-5H2,1-2H3. The first kappa shape index (κ1) is 7.42. The highest BCUT2D eigenvalue weighted by Crippen LogP contribution is 2.31. The third kappa shape index (κ3) is 2.59. The van der Waals surface area contributed by atoms with Gasteiger partial charge in [0.2, 0.25) is 0 Å². The molecule has 1 nitrogen and oxygen atoms in total. The Balaban J connectivity index is 2.16. The van der Waals surface area contributed by atoms with Gasteiger partial charge in [-0.3, -0.25) is 0 Å². The van der Waals surface area contributed by atoms with Gasteiger partial charge in [-0.15, -0.1) is 0 Å². The average Bonchev–Trinajstić information content (AvgIpc) is 1.53. The summed E-state index contributed by atoms with van der Waals surface area (Å²) in [6.07, 6.45) is 0.972. The first-order valence-electron chi connectivity index (χ1n) is 3.38. The topological polar surface area (TPSA) is 20.2 Å². The molecule has 0 aromatic heterocycles. The molecule has 0 aliphatic carbocycles. The normalized spacial score (nSPS) is 21.7. The lowest BCUT2D eigenvalue weighted by atomic mass is 9.96. The Morgan fingerprint density at radius 3 is 2.22 bits per heavy atom. The minimum Gasteiger partial charge on any atom is -0.390 e. The van der Waals surface area contributed by atoms with Gasteiger partial charge in [-0.1, -0.05) is 0 Å². The number of hydrogen-bond donors (Lipinski definition) is 1. The number of thioether (sulfide) groups is 1. The van der Waals surface area contributed by atoms with Crippen LogP contribution in [-0.4, -0.2) is 22.2 Å². The molecule has 0 bridgehead atoms. The molecule has 0 amide bonds. The summed E-state index contributed by atoms with van der Waals surface area (Å²) in [6.45, 7) is 3.77. The summed E-state index contributed by atoms with van der Waals surface area (Å²) in [7, 11) is 0. The van der Waals surface area contributed by atoms with E-state index in [2.05, 4.69) is 0 Å². The van der Waals surface area contributed by atoms with Crippen molar-refractivity contribution < 1.29 is 5.11 Å². The monoisotopic (exact) mass is 146 g/mol. The summed E-state index contributed by atoms with van der Waals surface area (Å²) in [6, 6.07) is 0. The third-order valence-electron chi connectivity index (χ3n) is 1.50. The summed E-state index contributed by atoms with van der Waals surface area (Å²) in [5.74, 6) is 3.29. The van der Waals surface area contributed by atoms with E-state index in [9.17, 15) is 5.11 Å². The van der Waals surface area contributed by atoms with Crippen LogP contribution in [0, 0.1) is 5.92 Å². The minimum absolute atomic E-state index is 0.439. The summed E-state index contributed by atoms with van der Waals surface area (Å²) in [5.41, 5.74) is -0.439. The van der Waals surface area contributed by atoms with Crippen LogP contribution < -0.4 is 0 Å². The van der Waals surface area contributed by atoms with Gasteiger partial charge in [-0.05, 0) is 37.7 Å². The molecule has 0 radical (unpaired) electrons. The quantitative estimate of drug-likeness (QED) is 0.637. The zero-order valence-electron chi connectivity index (χ0n) is 6.05. The molecule has 2 heteroatoms. The van der Waals surface area contributed by atoms with E-state index < -0.39 is 5.60 Å². The van der Waals surface area contributed by atoms with Crippen molar-refractivity contribution in [3.63, 3.8) is 0 Å². The molecule has 0 atom stereocenters. The summed E-state index contributed by atoms with van der Waals surface area (Å²) >= 11 is 1.97. The van der Waals surface area contributed by atoms with Gasteiger partial charge in [0, 0.05) is 0 Å². The van der Waals surface area contributed by atoms with E-state index in [1.54, 1.807) is 0 Å². The molecular formula is C7H14OS. The van der Waals surface area contributed by atoms with Gasteiger partial charge in [0.25, 0.3) is 0 Å². The fourth-order valence-electron chi connectivity index (χ4n) is 1.11. The van der Waals surface area contributed by atoms with Gasteiger partial charge in [0.15, 0.2) is 0 Å². The molecule has 1 N–H and O–H groups in total. The van der Waals surface area contributed by atoms with E-state index in [1.807, 2.05) is 25.6 Å². The Morgan fingerprint density at radius 2 is 2.11 bits per heavy atom. The van der Waals surface area contributed by atoms with E-state index in [-0.39, 0.29) is 0 Å². The molecule has 0 saturated carbocycles. The van der Waals surface area contributed by atoms with Crippen molar-refractivity contribution in [2.75, 3.05) is 11.5 Å². The van der Waals surface area contributed by atoms with Gasteiger partial charge in [-0.2, -0.15) is 11.8 Å². The molecule has 54 valence electrons. The van der Waals surface area contributed by atoms with E-state index in [4.69, 9.17) is 0 Å². The number of hydrogen-bond acceptors (Lipinski definition) is 2. The Labute approximate surface area is 60.8 Å². The molecule has 0 aromatic carbocycles. The number of aliphatic hydroxyl groups is 1. The summed E-state index contributed by atoms with van der Waals surface area (Å²) in [5, 5.41) is 9.34. The number of rotatable bonds is 2. The molecule has 1 aliphatic heterocycles. The van der Waals surface area contributed by atoms with Crippen LogP contribution in [0.15, 0.2) is 0 Å². The van der Waals surface area contributed by atoms with E-state index >= 15 is 0 Å². The van der Waals surface area contributed by atoms with Gasteiger partial charge in [-0.25, -0.2) is 0 Å². The largest absolute Gasteiger partial charge is 0.390 e. The zero-order chi connectivity index (χ0) is 6.91. The smallest absolute Gasteiger partial charge is 0.0595 e.